The molecule has 0 unspecified atom stereocenters. The van der Waals surface area contributed by atoms with Gasteiger partial charge in [-0.15, -0.1) is 11.6 Å². The fourth-order valence-corrected chi connectivity index (χ4v) is 1.19. The van der Waals surface area contributed by atoms with Gasteiger partial charge in [0.05, 0.1) is 0 Å². The van der Waals surface area contributed by atoms with Crippen LogP contribution >= 0.6 is 0 Å². The van der Waals surface area contributed by atoms with Crippen LogP contribution in [0.2, 0.25) is 11.6 Å². The maximum absolute atomic E-state index is 4.23. The average molecular weight is 227 g/mol. The Morgan fingerprint density at radius 3 is 1.62 bits per heavy atom. The minimum atomic E-state index is 0.750. The molecular formula is C13H16AlN2. The molecular weight excluding hydrogens is 211 g/mol. The fraction of sp³-hybridized carbons (Fsp3) is 0.231. The van der Waals surface area contributed by atoms with Gasteiger partial charge in [-0.05, 0) is 24.3 Å². The molecule has 0 saturated carbocycles. The van der Waals surface area contributed by atoms with Gasteiger partial charge in [0, 0.05) is 30.2 Å². The molecule has 2 nitrogen and oxygen atoms in total. The second-order valence-electron chi connectivity index (χ2n) is 3.40. The van der Waals surface area contributed by atoms with Crippen LogP contribution in [-0.4, -0.2) is 25.2 Å². The smallest absolute Gasteiger partial charge is 0.191 e. The second-order valence-corrected chi connectivity index (χ2v) is 4.55. The van der Waals surface area contributed by atoms with Crippen molar-refractivity contribution in [3.05, 3.63) is 60.2 Å². The Kier molecular flexibility index (Phi) is 6.48. The molecule has 1 radical (unpaired) electrons. The maximum Gasteiger partial charge on any atom is 0.191 e. The first-order chi connectivity index (χ1) is 7.86. The number of rotatable bonds is 2. The van der Waals surface area contributed by atoms with Crippen molar-refractivity contribution in [2.24, 2.45) is 0 Å². The molecule has 16 heavy (non-hydrogen) atoms. The van der Waals surface area contributed by atoms with Gasteiger partial charge in [0.25, 0.3) is 0 Å². The molecule has 3 heteroatoms. The summed E-state index contributed by atoms with van der Waals surface area (Å²) in [4.78, 5) is 8.47. The van der Waals surface area contributed by atoms with Crippen molar-refractivity contribution < 1.29 is 0 Å². The normalized spacial score (nSPS) is 8.88. The first-order valence-corrected chi connectivity index (χ1v) is 7.71. The molecule has 0 aliphatic rings. The summed E-state index contributed by atoms with van der Waals surface area (Å²) in [6.45, 7) is 0. The van der Waals surface area contributed by atoms with Crippen molar-refractivity contribution in [2.45, 2.75) is 18.0 Å². The SMILES string of the molecule is [CH3][Al][CH3].c1ccc(Cc2ccccn2)nc1. The van der Waals surface area contributed by atoms with Crippen molar-refractivity contribution in [3.63, 3.8) is 0 Å². The van der Waals surface area contributed by atoms with Gasteiger partial charge in [0.15, 0.2) is 15.2 Å². The van der Waals surface area contributed by atoms with Gasteiger partial charge in [-0.2, -0.15) is 0 Å². The zero-order valence-electron chi connectivity index (χ0n) is 9.80. The highest BCUT2D eigenvalue weighted by atomic mass is 27.1. The summed E-state index contributed by atoms with van der Waals surface area (Å²) in [5.74, 6) is 4.42. The molecule has 0 saturated heterocycles. The van der Waals surface area contributed by atoms with Crippen LogP contribution in [0.25, 0.3) is 0 Å². The van der Waals surface area contributed by atoms with Crippen LogP contribution < -0.4 is 0 Å². The van der Waals surface area contributed by atoms with E-state index < -0.39 is 0 Å². The molecule has 0 atom stereocenters. The third kappa shape index (κ3) is 5.07. The summed E-state index contributed by atoms with van der Waals surface area (Å²) in [6, 6.07) is 11.8. The van der Waals surface area contributed by atoms with Gasteiger partial charge in [-0.3, -0.25) is 9.97 Å². The van der Waals surface area contributed by atoms with Crippen molar-refractivity contribution in [3.8, 4) is 0 Å². The van der Waals surface area contributed by atoms with E-state index in [-0.39, 0.29) is 0 Å². The first kappa shape index (κ1) is 12.9. The summed E-state index contributed by atoms with van der Waals surface area (Å²) in [5, 5.41) is 0. The highest BCUT2D eigenvalue weighted by Gasteiger charge is 1.95. The molecule has 2 aromatic rings. The van der Waals surface area contributed by atoms with E-state index in [0.29, 0.717) is 0 Å². The maximum atomic E-state index is 4.23. The number of nitrogens with zero attached hydrogens (tertiary/aromatic N) is 2. The highest BCUT2D eigenvalue weighted by Crippen LogP contribution is 2.02. The predicted molar refractivity (Wildman–Crippen MR) is 68.8 cm³/mol. The van der Waals surface area contributed by atoms with Gasteiger partial charge in [0.1, 0.15) is 0 Å². The Morgan fingerprint density at radius 1 is 0.875 bits per heavy atom. The number of hydrogen-bond donors (Lipinski definition) is 0. The minimum Gasteiger partial charge on any atom is -0.261 e. The zero-order valence-corrected chi connectivity index (χ0v) is 11.0. The molecule has 2 heterocycles. The molecule has 0 amide bonds. The molecule has 2 aromatic heterocycles. The van der Waals surface area contributed by atoms with Crippen molar-refractivity contribution >= 4 is 15.2 Å². The Hall–Kier alpha value is -1.17. The molecule has 0 aromatic carbocycles. The van der Waals surface area contributed by atoms with Gasteiger partial charge in [-0.25, -0.2) is 0 Å². The van der Waals surface area contributed by atoms with E-state index in [0.717, 1.165) is 33.0 Å². The van der Waals surface area contributed by atoms with Crippen LogP contribution in [0.5, 0.6) is 0 Å². The largest absolute Gasteiger partial charge is 0.261 e. The Labute approximate surface area is 103 Å². The standard InChI is InChI=1S/C11H10N2.2CH3.Al/c1-3-7-12-10(5-1)9-11-6-2-4-8-13-11;;;/h1-8H,9H2;2*1H3;. The molecule has 0 aliphatic heterocycles. The first-order valence-electron chi connectivity index (χ1n) is 5.40. The summed E-state index contributed by atoms with van der Waals surface area (Å²) < 4.78 is 0. The third-order valence-corrected chi connectivity index (χ3v) is 1.81. The number of pyridine rings is 2. The van der Waals surface area contributed by atoms with Crippen molar-refractivity contribution in [1.29, 1.82) is 0 Å². The average Bonchev–Trinajstić information content (AvgIpc) is 2.33. The Morgan fingerprint density at radius 2 is 1.31 bits per heavy atom. The van der Waals surface area contributed by atoms with Crippen LogP contribution in [-0.2, 0) is 6.42 Å². The van der Waals surface area contributed by atoms with E-state index in [1.165, 1.54) is 0 Å². The second kappa shape index (κ2) is 8.04. The lowest BCUT2D eigenvalue weighted by molar-refractivity contribution is 1.01. The quantitative estimate of drug-likeness (QED) is 0.737. The summed E-state index contributed by atoms with van der Waals surface area (Å²) in [7, 11) is 0. The zero-order chi connectivity index (χ0) is 11.6. The number of aromatic nitrogens is 2. The van der Waals surface area contributed by atoms with Crippen LogP contribution in [0.1, 0.15) is 11.4 Å². The summed E-state index contributed by atoms with van der Waals surface area (Å²) in [6.07, 6.45) is 4.41. The lowest BCUT2D eigenvalue weighted by Crippen LogP contribution is -1.92. The topological polar surface area (TPSA) is 25.8 Å². The minimum absolute atomic E-state index is 0.750. The predicted octanol–water partition coefficient (Wildman–Crippen LogP) is 2.85. The lowest BCUT2D eigenvalue weighted by atomic mass is 10.2. The van der Waals surface area contributed by atoms with E-state index in [4.69, 9.17) is 0 Å². The van der Waals surface area contributed by atoms with E-state index >= 15 is 0 Å². The fourth-order valence-electron chi connectivity index (χ4n) is 1.19. The van der Waals surface area contributed by atoms with Crippen LogP contribution in [0.15, 0.2) is 48.8 Å². The van der Waals surface area contributed by atoms with Crippen LogP contribution in [0, 0.1) is 0 Å². The third-order valence-electron chi connectivity index (χ3n) is 1.81. The summed E-state index contributed by atoms with van der Waals surface area (Å²) in [5.41, 5.74) is 2.11. The van der Waals surface area contributed by atoms with E-state index in [1.807, 2.05) is 36.4 Å². The molecule has 2 rings (SSSR count). The summed E-state index contributed by atoms with van der Waals surface area (Å²) >= 11 is 0.750. The molecule has 0 spiro atoms. The lowest BCUT2D eigenvalue weighted by Gasteiger charge is -1.98. The van der Waals surface area contributed by atoms with E-state index in [2.05, 4.69) is 21.5 Å². The number of hydrogen-bond acceptors (Lipinski definition) is 2. The van der Waals surface area contributed by atoms with Gasteiger partial charge in [-0.1, -0.05) is 12.1 Å². The van der Waals surface area contributed by atoms with Crippen molar-refractivity contribution in [2.75, 3.05) is 0 Å². The van der Waals surface area contributed by atoms with Gasteiger partial charge in [0.2, 0.25) is 0 Å². The Balaban J connectivity index is 0.000000386. The van der Waals surface area contributed by atoms with E-state index in [9.17, 15) is 0 Å². The Bertz CT molecular complexity index is 338. The molecule has 0 N–H and O–H groups in total. The molecule has 81 valence electrons. The van der Waals surface area contributed by atoms with Crippen molar-refractivity contribution in [1.82, 2.24) is 9.97 Å². The van der Waals surface area contributed by atoms with Crippen LogP contribution in [0.4, 0.5) is 0 Å². The van der Waals surface area contributed by atoms with Gasteiger partial charge >= 0.3 is 0 Å². The highest BCUT2D eigenvalue weighted by molar-refractivity contribution is 6.31. The molecule has 0 bridgehead atoms. The van der Waals surface area contributed by atoms with Crippen LogP contribution in [0.3, 0.4) is 0 Å². The molecule has 0 aliphatic carbocycles. The monoisotopic (exact) mass is 227 g/mol. The van der Waals surface area contributed by atoms with Gasteiger partial charge < -0.3 is 0 Å². The molecule has 0 fully saturated rings. The van der Waals surface area contributed by atoms with E-state index in [1.54, 1.807) is 12.4 Å².